The third-order valence-electron chi connectivity index (χ3n) is 23.8. The van der Waals surface area contributed by atoms with Crippen LogP contribution in [-0.2, 0) is 38.1 Å². The van der Waals surface area contributed by atoms with Crippen molar-refractivity contribution in [3.8, 4) is 0 Å². The average Bonchev–Trinajstić information content (AvgIpc) is 1.64. The minimum atomic E-state index is -1.04. The van der Waals surface area contributed by atoms with Gasteiger partial charge >= 0.3 is 43.7 Å². The molecule has 4 fully saturated rings. The molecule has 4 rings (SSSR count). The van der Waals surface area contributed by atoms with E-state index in [1.165, 1.54) is 12.2 Å². The van der Waals surface area contributed by atoms with Gasteiger partial charge in [-0.25, -0.2) is 0 Å². The SMILES string of the molecule is C[C@H](CCC(=O)O)C[C@H](C)C[C@H](C)C(=O)/C=C(\O)[C@H](C)C[C@H](C)C/C=C/[C@@H](C)[C@@H](O)[C@@H](C)[C@@H](O)C[C@@H]1CC[C@@](C)([C@H]2CC[C@@](C)([C@@H](C)O)O2)O1.C[C@H](CCC(=O)[O-])C[C@H](C)C[C@H](C)C(=O)/C=C(\[O-])[C@H](C)C[C@H](C)C/C=C/[C@@H](C)[C@@H](O)[C@@H](C)[C@@H](O)C[C@@H]1CC[C@@](C)([C@H]2CC[C@@](C)([C@@H](C)O)O2)O1.[Ca+2]. The van der Waals surface area contributed by atoms with Gasteiger partial charge in [0.1, 0.15) is 0 Å². The molecular weight excluding hydrogens is 1310 g/mol. The quantitative estimate of drug-likeness (QED) is 0.0122. The summed E-state index contributed by atoms with van der Waals surface area (Å²) < 4.78 is 25.5. The molecule has 4 aliphatic rings. The van der Waals surface area contributed by atoms with E-state index in [4.69, 9.17) is 24.1 Å². The number of hydrogen-bond donors (Lipinski definition) is 8. The van der Waals surface area contributed by atoms with Gasteiger partial charge in [-0.2, -0.15) is 0 Å². The molecule has 28 atom stereocenters. The van der Waals surface area contributed by atoms with E-state index < -0.39 is 71.0 Å². The fourth-order valence-corrected chi connectivity index (χ4v) is 16.0. The molecule has 0 amide bonds. The first-order valence-corrected chi connectivity index (χ1v) is 38.8. The van der Waals surface area contributed by atoms with E-state index in [1.54, 1.807) is 13.8 Å². The van der Waals surface area contributed by atoms with Crippen molar-refractivity contribution in [2.24, 2.45) is 82.9 Å². The van der Waals surface area contributed by atoms with E-state index in [0.717, 1.165) is 77.0 Å². The Labute approximate surface area is 640 Å². The molecule has 4 saturated heterocycles. The molecule has 0 spiro atoms. The minimum Gasteiger partial charge on any atom is -0.875 e. The van der Waals surface area contributed by atoms with Crippen molar-refractivity contribution >= 4 is 61.2 Å². The van der Waals surface area contributed by atoms with Crippen molar-refractivity contribution in [1.29, 1.82) is 0 Å². The van der Waals surface area contributed by atoms with Crippen LogP contribution in [0.2, 0.25) is 0 Å². The van der Waals surface area contributed by atoms with Gasteiger partial charge in [-0.3, -0.25) is 14.4 Å². The molecule has 18 nitrogen and oxygen atoms in total. The predicted octanol–water partition coefficient (Wildman–Crippen LogP) is 12.7. The maximum Gasteiger partial charge on any atom is 2.00 e. The molecule has 0 saturated carbocycles. The van der Waals surface area contributed by atoms with Gasteiger partial charge in [0.15, 0.2) is 11.6 Å². The summed E-state index contributed by atoms with van der Waals surface area (Å²) in [5, 5.41) is 108. The van der Waals surface area contributed by atoms with Crippen LogP contribution in [0.15, 0.2) is 48.0 Å². The molecule has 4 heterocycles. The standard InChI is InChI=1S/2C41H72O9.Ca/c2*1-25(21-29(5)34(43)24-35(44)30(6)22-27(3)20-26(2)14-15-38(46)47)12-11-13-28(4)39(48)31(7)36(45)23-33-16-18-41(10,49-33)37-17-19-40(9,50-37)32(8)42;/h2*11,13,24-33,36-37,39,42-43,45,48H,12,14-23H2,1-10H3,(H,46,47);/q;;+2/p-2/b2*13-11+,34-24-;/t2*25-,26-,27+,28-,29-,30+,31+,32-,33+,36+,37-,39-,40+,41+;/m11./s1. The largest absolute Gasteiger partial charge is 2.00 e. The number of allylic oxidation sites excluding steroid dienone is 6. The van der Waals surface area contributed by atoms with Gasteiger partial charge < -0.3 is 74.8 Å². The van der Waals surface area contributed by atoms with Gasteiger partial charge in [0.05, 0.1) is 89.2 Å². The maximum absolute atomic E-state index is 12.9. The van der Waals surface area contributed by atoms with Crippen molar-refractivity contribution in [3.63, 3.8) is 0 Å². The Kier molecular flexibility index (Phi) is 41.5. The second-order valence-corrected chi connectivity index (χ2v) is 34.2. The number of hydrogen-bond acceptors (Lipinski definition) is 17. The van der Waals surface area contributed by atoms with Gasteiger partial charge in [0.2, 0.25) is 0 Å². The minimum absolute atomic E-state index is 0. The van der Waals surface area contributed by atoms with Gasteiger partial charge in [0, 0.05) is 59.9 Å². The molecule has 0 aliphatic carbocycles. The average molecular weight is 1460 g/mol. The molecule has 0 aromatic rings. The summed E-state index contributed by atoms with van der Waals surface area (Å²) in [4.78, 5) is 47.2. The summed E-state index contributed by atoms with van der Waals surface area (Å²) in [5.74, 6) is -2.54. The second-order valence-electron chi connectivity index (χ2n) is 34.2. The summed E-state index contributed by atoms with van der Waals surface area (Å²) in [6.45, 7) is 39.1. The number of aliphatic hydroxyl groups excluding tert-OH is 7. The fraction of sp³-hybridized carbons (Fsp3) is 0.854. The Bertz CT molecular complexity index is 2420. The molecule has 19 heteroatoms. The Morgan fingerprint density at radius 2 is 0.822 bits per heavy atom. The number of ketones is 2. The van der Waals surface area contributed by atoms with Crippen LogP contribution in [0.3, 0.4) is 0 Å². The topological polar surface area (TPSA) is 313 Å². The van der Waals surface area contributed by atoms with Crippen LogP contribution in [-0.4, -0.2) is 186 Å². The molecule has 0 bridgehead atoms. The third kappa shape index (κ3) is 31.8. The summed E-state index contributed by atoms with van der Waals surface area (Å²) in [6.07, 6.45) is 21.0. The second kappa shape index (κ2) is 44.2. The number of ether oxygens (including phenoxy) is 4. The predicted molar refractivity (Wildman–Crippen MR) is 396 cm³/mol. The number of aliphatic hydroxyl groups is 7. The molecule has 101 heavy (non-hydrogen) atoms. The summed E-state index contributed by atoms with van der Waals surface area (Å²) in [5.41, 5.74) is -2.03. The van der Waals surface area contributed by atoms with Crippen LogP contribution >= 0.6 is 0 Å². The zero-order valence-corrected chi connectivity index (χ0v) is 68.5. The third-order valence-corrected chi connectivity index (χ3v) is 23.8. The van der Waals surface area contributed by atoms with Gasteiger partial charge in [-0.1, -0.05) is 121 Å². The Hall–Kier alpha value is -2.30. The van der Waals surface area contributed by atoms with Crippen LogP contribution in [0, 0.1) is 82.9 Å². The molecule has 0 radical (unpaired) electrons. The number of carboxylic acids is 2. The Morgan fingerprint density at radius 3 is 1.19 bits per heavy atom. The summed E-state index contributed by atoms with van der Waals surface area (Å²) in [6, 6.07) is 0. The number of carbonyl (C=O) groups excluding carboxylic acids is 3. The fourth-order valence-electron chi connectivity index (χ4n) is 16.0. The molecule has 0 aromatic heterocycles. The van der Waals surface area contributed by atoms with Crippen molar-refractivity contribution in [2.75, 3.05) is 0 Å². The normalized spacial score (nSPS) is 30.4. The van der Waals surface area contributed by atoms with Crippen LogP contribution < -0.4 is 10.2 Å². The maximum atomic E-state index is 12.9. The zero-order chi connectivity index (χ0) is 75.9. The molecule has 0 aromatic carbocycles. The molecule has 8 N–H and O–H groups in total. The van der Waals surface area contributed by atoms with E-state index in [9.17, 15) is 65.1 Å². The zero-order valence-electron chi connectivity index (χ0n) is 66.2. The van der Waals surface area contributed by atoms with Crippen molar-refractivity contribution in [1.82, 2.24) is 0 Å². The van der Waals surface area contributed by atoms with Crippen molar-refractivity contribution in [2.45, 2.75) is 363 Å². The van der Waals surface area contributed by atoms with Gasteiger partial charge in [-0.05, 0) is 224 Å². The molecule has 580 valence electrons. The monoisotopic (exact) mass is 1450 g/mol. The van der Waals surface area contributed by atoms with Gasteiger partial charge in [0.25, 0.3) is 0 Å². The number of aliphatic carboxylic acids is 2. The molecule has 0 unspecified atom stereocenters. The summed E-state index contributed by atoms with van der Waals surface area (Å²) in [7, 11) is 0. The Balaban J connectivity index is 0.000000680. The van der Waals surface area contributed by atoms with Crippen LogP contribution in [0.5, 0.6) is 0 Å². The van der Waals surface area contributed by atoms with Crippen molar-refractivity contribution in [3.05, 3.63) is 48.0 Å². The van der Waals surface area contributed by atoms with E-state index >= 15 is 0 Å². The number of carboxylic acid groups (broad SMARTS) is 2. The number of carbonyl (C=O) groups is 4. The van der Waals surface area contributed by atoms with Crippen LogP contribution in [0.1, 0.15) is 280 Å². The summed E-state index contributed by atoms with van der Waals surface area (Å²) >= 11 is 0. The first kappa shape index (κ1) is 94.8. The van der Waals surface area contributed by atoms with E-state index in [2.05, 4.69) is 54.5 Å². The number of rotatable bonds is 44. The van der Waals surface area contributed by atoms with E-state index in [-0.39, 0.29) is 181 Å². The smallest absolute Gasteiger partial charge is 0.875 e. The first-order valence-electron chi connectivity index (χ1n) is 38.8. The molecule has 4 aliphatic heterocycles. The van der Waals surface area contributed by atoms with Crippen molar-refractivity contribution < 1.29 is 89.2 Å². The Morgan fingerprint density at radius 1 is 0.455 bits per heavy atom. The van der Waals surface area contributed by atoms with E-state index in [0.29, 0.717) is 51.4 Å². The van der Waals surface area contributed by atoms with Gasteiger partial charge in [-0.15, -0.1) is 5.76 Å². The van der Waals surface area contributed by atoms with Crippen LogP contribution in [0.4, 0.5) is 0 Å². The molecular formula is C82H142CaO18. The van der Waals surface area contributed by atoms with E-state index in [1.807, 2.05) is 94.4 Å². The first-order chi connectivity index (χ1) is 46.3. The van der Waals surface area contributed by atoms with Crippen LogP contribution in [0.25, 0.3) is 0 Å².